The number of anilines is 2. The van der Waals surface area contributed by atoms with E-state index in [4.69, 9.17) is 0 Å². The van der Waals surface area contributed by atoms with E-state index >= 15 is 0 Å². The second kappa shape index (κ2) is 8.44. The largest absolute Gasteiger partial charge is 0.379 e. The highest BCUT2D eigenvalue weighted by molar-refractivity contribution is 6.02. The topological polar surface area (TPSA) is 58.9 Å². The zero-order chi connectivity index (χ0) is 20.1. The van der Waals surface area contributed by atoms with Crippen molar-refractivity contribution in [2.24, 2.45) is 0 Å². The molecular weight excluding hydrogens is 360 g/mol. The Morgan fingerprint density at radius 3 is 2.14 bits per heavy atom. The normalized spacial score (nSPS) is 11.6. The molecule has 1 aromatic heterocycles. The molecule has 0 aliphatic rings. The van der Waals surface area contributed by atoms with Crippen LogP contribution in [-0.2, 0) is 0 Å². The summed E-state index contributed by atoms with van der Waals surface area (Å²) in [5.74, 6) is -0.238. The number of para-hydroxylation sites is 1. The molecule has 0 radical (unpaired) electrons. The minimum absolute atomic E-state index is 0.193. The summed E-state index contributed by atoms with van der Waals surface area (Å²) in [6.07, 6.45) is 1.78. The molecule has 0 fully saturated rings. The third kappa shape index (κ3) is 4.52. The average molecular weight is 382 g/mol. The molecule has 0 aliphatic heterocycles. The van der Waals surface area contributed by atoms with Crippen LogP contribution < -0.4 is 10.6 Å². The Bertz CT molecular complexity index is 1070. The van der Waals surface area contributed by atoms with Crippen LogP contribution in [0.25, 0.3) is 5.69 Å². The molecule has 0 bridgehead atoms. The standard InChI is InChI=1S/C24H22N4O/c1-18(19-8-4-2-5-9-19)25-20-12-14-21(15-13-20)26-24(29)23-16-17-28(27-23)22-10-6-3-7-11-22/h2-18,25H,1H3,(H,26,29). The molecule has 0 aliphatic carbocycles. The van der Waals surface area contributed by atoms with Crippen LogP contribution in [0, 0.1) is 0 Å². The molecule has 0 saturated heterocycles. The summed E-state index contributed by atoms with van der Waals surface area (Å²) in [6.45, 7) is 2.12. The van der Waals surface area contributed by atoms with Gasteiger partial charge in [-0.3, -0.25) is 4.79 Å². The van der Waals surface area contributed by atoms with E-state index in [1.807, 2.05) is 72.8 Å². The summed E-state index contributed by atoms with van der Waals surface area (Å²) in [5, 5.41) is 10.7. The van der Waals surface area contributed by atoms with E-state index in [9.17, 15) is 4.79 Å². The lowest BCUT2D eigenvalue weighted by Crippen LogP contribution is -2.13. The molecule has 0 saturated carbocycles. The third-order valence-electron chi connectivity index (χ3n) is 4.67. The fraction of sp³-hybridized carbons (Fsp3) is 0.0833. The average Bonchev–Trinajstić information content (AvgIpc) is 3.27. The van der Waals surface area contributed by atoms with Gasteiger partial charge in [-0.05, 0) is 55.0 Å². The molecule has 144 valence electrons. The van der Waals surface area contributed by atoms with Crippen LogP contribution >= 0.6 is 0 Å². The number of hydrogen-bond acceptors (Lipinski definition) is 3. The van der Waals surface area contributed by atoms with Crippen LogP contribution in [0.5, 0.6) is 0 Å². The van der Waals surface area contributed by atoms with Gasteiger partial charge < -0.3 is 10.6 Å². The first kappa shape index (κ1) is 18.5. The van der Waals surface area contributed by atoms with Gasteiger partial charge in [0.05, 0.1) is 5.69 Å². The molecule has 1 amide bonds. The SMILES string of the molecule is CC(Nc1ccc(NC(=O)c2ccn(-c3ccccc3)n2)cc1)c1ccccc1. The van der Waals surface area contributed by atoms with E-state index in [1.54, 1.807) is 16.9 Å². The highest BCUT2D eigenvalue weighted by Crippen LogP contribution is 2.21. The lowest BCUT2D eigenvalue weighted by atomic mass is 10.1. The summed E-state index contributed by atoms with van der Waals surface area (Å²) >= 11 is 0. The zero-order valence-corrected chi connectivity index (χ0v) is 16.1. The van der Waals surface area contributed by atoms with Crippen LogP contribution in [0.1, 0.15) is 29.0 Å². The van der Waals surface area contributed by atoms with Gasteiger partial charge in [0.2, 0.25) is 0 Å². The summed E-state index contributed by atoms with van der Waals surface area (Å²) in [4.78, 5) is 12.5. The quantitative estimate of drug-likeness (QED) is 0.476. The summed E-state index contributed by atoms with van der Waals surface area (Å²) < 4.78 is 1.69. The Labute approximate surface area is 170 Å². The molecule has 3 aromatic carbocycles. The maximum atomic E-state index is 12.5. The van der Waals surface area contributed by atoms with Gasteiger partial charge in [0, 0.05) is 23.6 Å². The molecule has 1 atom stereocenters. The highest BCUT2D eigenvalue weighted by atomic mass is 16.1. The minimum atomic E-state index is -0.238. The van der Waals surface area contributed by atoms with Crippen molar-refractivity contribution >= 4 is 17.3 Å². The van der Waals surface area contributed by atoms with Crippen LogP contribution in [0.3, 0.4) is 0 Å². The third-order valence-corrected chi connectivity index (χ3v) is 4.67. The van der Waals surface area contributed by atoms with Crippen molar-refractivity contribution in [2.45, 2.75) is 13.0 Å². The Morgan fingerprint density at radius 2 is 1.45 bits per heavy atom. The van der Waals surface area contributed by atoms with Crippen LogP contribution in [0.15, 0.2) is 97.2 Å². The molecule has 0 spiro atoms. The van der Waals surface area contributed by atoms with E-state index in [0.29, 0.717) is 5.69 Å². The smallest absolute Gasteiger partial charge is 0.276 e. The molecular formula is C24H22N4O. The Hall–Kier alpha value is -3.86. The second-order valence-corrected chi connectivity index (χ2v) is 6.79. The van der Waals surface area contributed by atoms with Crippen molar-refractivity contribution in [2.75, 3.05) is 10.6 Å². The van der Waals surface area contributed by atoms with Crippen LogP contribution in [0.4, 0.5) is 11.4 Å². The number of aromatic nitrogens is 2. The Kier molecular flexibility index (Phi) is 5.38. The number of carbonyl (C=O) groups excluding carboxylic acids is 1. The van der Waals surface area contributed by atoms with Gasteiger partial charge in [0.1, 0.15) is 0 Å². The zero-order valence-electron chi connectivity index (χ0n) is 16.1. The predicted octanol–water partition coefficient (Wildman–Crippen LogP) is 5.30. The maximum absolute atomic E-state index is 12.5. The van der Waals surface area contributed by atoms with Gasteiger partial charge in [-0.2, -0.15) is 5.10 Å². The number of rotatable bonds is 6. The second-order valence-electron chi connectivity index (χ2n) is 6.79. The van der Waals surface area contributed by atoms with Crippen LogP contribution in [-0.4, -0.2) is 15.7 Å². The number of amides is 1. The van der Waals surface area contributed by atoms with Gasteiger partial charge in [0.25, 0.3) is 5.91 Å². The first-order valence-electron chi connectivity index (χ1n) is 9.53. The summed E-state index contributed by atoms with van der Waals surface area (Å²) in [5.41, 5.74) is 4.22. The fourth-order valence-electron chi connectivity index (χ4n) is 3.09. The first-order valence-corrected chi connectivity index (χ1v) is 9.53. The van der Waals surface area contributed by atoms with Crippen molar-refractivity contribution in [3.05, 3.63) is 108 Å². The monoisotopic (exact) mass is 382 g/mol. The van der Waals surface area contributed by atoms with Gasteiger partial charge in [-0.1, -0.05) is 48.5 Å². The molecule has 1 unspecified atom stereocenters. The molecule has 1 heterocycles. The van der Waals surface area contributed by atoms with E-state index < -0.39 is 0 Å². The number of nitrogens with one attached hydrogen (secondary N) is 2. The van der Waals surface area contributed by atoms with Gasteiger partial charge in [-0.25, -0.2) is 4.68 Å². The lowest BCUT2D eigenvalue weighted by Gasteiger charge is -2.16. The van der Waals surface area contributed by atoms with Gasteiger partial charge in [-0.15, -0.1) is 0 Å². The summed E-state index contributed by atoms with van der Waals surface area (Å²) in [6, 6.07) is 29.5. The molecule has 5 heteroatoms. The van der Waals surface area contributed by atoms with Crippen molar-refractivity contribution in [3.63, 3.8) is 0 Å². The number of hydrogen-bond donors (Lipinski definition) is 2. The molecule has 4 rings (SSSR count). The van der Waals surface area contributed by atoms with E-state index in [-0.39, 0.29) is 11.9 Å². The molecule has 4 aromatic rings. The van der Waals surface area contributed by atoms with Crippen molar-refractivity contribution in [1.29, 1.82) is 0 Å². The molecule has 5 nitrogen and oxygen atoms in total. The lowest BCUT2D eigenvalue weighted by molar-refractivity contribution is 0.102. The Balaban J connectivity index is 1.39. The van der Waals surface area contributed by atoms with Crippen molar-refractivity contribution < 1.29 is 4.79 Å². The Morgan fingerprint density at radius 1 is 0.828 bits per heavy atom. The highest BCUT2D eigenvalue weighted by Gasteiger charge is 2.11. The first-order chi connectivity index (χ1) is 14.2. The van der Waals surface area contributed by atoms with Crippen molar-refractivity contribution in [1.82, 2.24) is 9.78 Å². The number of benzene rings is 3. The van der Waals surface area contributed by atoms with Gasteiger partial charge >= 0.3 is 0 Å². The molecule has 2 N–H and O–H groups in total. The maximum Gasteiger partial charge on any atom is 0.276 e. The minimum Gasteiger partial charge on any atom is -0.379 e. The predicted molar refractivity (Wildman–Crippen MR) is 116 cm³/mol. The van der Waals surface area contributed by atoms with E-state index in [0.717, 1.165) is 17.1 Å². The fourth-order valence-corrected chi connectivity index (χ4v) is 3.09. The molecule has 29 heavy (non-hydrogen) atoms. The number of carbonyl (C=O) groups is 1. The van der Waals surface area contributed by atoms with Crippen molar-refractivity contribution in [3.8, 4) is 5.69 Å². The number of nitrogens with zero attached hydrogens (tertiary/aromatic N) is 2. The summed E-state index contributed by atoms with van der Waals surface area (Å²) in [7, 11) is 0. The van der Waals surface area contributed by atoms with Gasteiger partial charge in [0.15, 0.2) is 5.69 Å². The van der Waals surface area contributed by atoms with Crippen LogP contribution in [0.2, 0.25) is 0 Å². The van der Waals surface area contributed by atoms with E-state index in [1.165, 1.54) is 5.56 Å². The van der Waals surface area contributed by atoms with E-state index in [2.05, 4.69) is 34.8 Å².